The Labute approximate surface area is 142 Å². The third-order valence-electron chi connectivity index (χ3n) is 4.14. The molecule has 134 valence electrons. The van der Waals surface area contributed by atoms with Gasteiger partial charge >= 0.3 is 17.1 Å². The zero-order valence-corrected chi connectivity index (χ0v) is 15.5. The minimum absolute atomic E-state index is 0.0599. The van der Waals surface area contributed by atoms with Crippen LogP contribution < -0.4 is 17.1 Å². The van der Waals surface area contributed by atoms with Crippen LogP contribution in [-0.2, 0) is 18.6 Å². The minimum Gasteiger partial charge on any atom is -0.247 e. The smallest absolute Gasteiger partial charge is 0.247 e. The summed E-state index contributed by atoms with van der Waals surface area (Å²) in [5, 5.41) is 0. The van der Waals surface area contributed by atoms with Crippen molar-refractivity contribution in [1.82, 2.24) is 13.7 Å². The van der Waals surface area contributed by atoms with E-state index in [0.717, 1.165) is 9.13 Å². The van der Waals surface area contributed by atoms with Gasteiger partial charge in [0.05, 0.1) is 18.6 Å². The fraction of sp³-hybridized carbons (Fsp3) is 0.611. The Bertz CT molecular complexity index is 741. The van der Waals surface area contributed by atoms with Crippen LogP contribution >= 0.6 is 0 Å². The zero-order chi connectivity index (χ0) is 18.7. The SMILES string of the molecule is C=CCn1c(=O)n(CC=C)c(=O)n(C(C)(CC)CC(C)(C)C)c1=O. The van der Waals surface area contributed by atoms with Crippen LogP contribution in [0.25, 0.3) is 0 Å². The van der Waals surface area contributed by atoms with Gasteiger partial charge in [-0.05, 0) is 25.2 Å². The van der Waals surface area contributed by atoms with Crippen molar-refractivity contribution in [2.45, 2.75) is 66.1 Å². The van der Waals surface area contributed by atoms with E-state index in [1.54, 1.807) is 0 Å². The molecule has 0 aliphatic carbocycles. The lowest BCUT2D eigenvalue weighted by Gasteiger charge is -2.36. The van der Waals surface area contributed by atoms with Crippen molar-refractivity contribution in [2.24, 2.45) is 5.41 Å². The molecule has 1 atom stereocenters. The molecule has 1 aromatic heterocycles. The summed E-state index contributed by atoms with van der Waals surface area (Å²) in [4.78, 5) is 38.2. The Morgan fingerprint density at radius 2 is 1.29 bits per heavy atom. The Hall–Kier alpha value is -2.11. The fourth-order valence-electron chi connectivity index (χ4n) is 3.17. The molecule has 1 aromatic rings. The maximum absolute atomic E-state index is 12.9. The second-order valence-corrected chi connectivity index (χ2v) is 7.57. The molecular weight excluding hydrogens is 306 g/mol. The molecule has 0 aromatic carbocycles. The molecule has 0 radical (unpaired) electrons. The molecule has 0 N–H and O–H groups in total. The quantitative estimate of drug-likeness (QED) is 0.717. The number of aromatic nitrogens is 3. The first-order valence-corrected chi connectivity index (χ1v) is 8.21. The predicted molar refractivity (Wildman–Crippen MR) is 97.6 cm³/mol. The lowest BCUT2D eigenvalue weighted by Crippen LogP contribution is -2.59. The van der Waals surface area contributed by atoms with Crippen LogP contribution in [0.2, 0.25) is 0 Å². The van der Waals surface area contributed by atoms with Gasteiger partial charge in [0.25, 0.3) is 0 Å². The molecular formula is C18H29N3O3. The van der Waals surface area contributed by atoms with E-state index in [2.05, 4.69) is 33.9 Å². The summed E-state index contributed by atoms with van der Waals surface area (Å²) in [7, 11) is 0. The normalized spacial score (nSPS) is 14.2. The maximum atomic E-state index is 12.9. The van der Waals surface area contributed by atoms with Gasteiger partial charge < -0.3 is 0 Å². The topological polar surface area (TPSA) is 66.0 Å². The molecule has 1 heterocycles. The van der Waals surface area contributed by atoms with Gasteiger partial charge in [0.1, 0.15) is 0 Å². The van der Waals surface area contributed by atoms with Crippen LogP contribution in [0.5, 0.6) is 0 Å². The molecule has 0 aliphatic heterocycles. The van der Waals surface area contributed by atoms with Gasteiger partial charge in [-0.15, -0.1) is 13.2 Å². The highest BCUT2D eigenvalue weighted by molar-refractivity contribution is 4.93. The Balaban J connectivity index is 3.89. The van der Waals surface area contributed by atoms with E-state index in [-0.39, 0.29) is 18.5 Å². The van der Waals surface area contributed by atoms with Crippen molar-refractivity contribution in [3.63, 3.8) is 0 Å². The van der Waals surface area contributed by atoms with Gasteiger partial charge in [-0.3, -0.25) is 0 Å². The largest absolute Gasteiger partial charge is 0.337 e. The molecule has 0 saturated carbocycles. The van der Waals surface area contributed by atoms with E-state index in [0.29, 0.717) is 12.8 Å². The average Bonchev–Trinajstić information content (AvgIpc) is 2.46. The lowest BCUT2D eigenvalue weighted by atomic mass is 9.79. The molecule has 0 bridgehead atoms. The predicted octanol–water partition coefficient (Wildman–Crippen LogP) is 2.11. The Morgan fingerprint density at radius 3 is 1.58 bits per heavy atom. The van der Waals surface area contributed by atoms with Crippen LogP contribution in [0.3, 0.4) is 0 Å². The van der Waals surface area contributed by atoms with Gasteiger partial charge in [-0.2, -0.15) is 0 Å². The number of allylic oxidation sites excluding steroid dienone is 2. The van der Waals surface area contributed by atoms with Crippen molar-refractivity contribution < 1.29 is 0 Å². The highest BCUT2D eigenvalue weighted by atomic mass is 16.2. The summed E-state index contributed by atoms with van der Waals surface area (Å²) in [5.41, 5.74) is -2.57. The van der Waals surface area contributed by atoms with Gasteiger partial charge in [0.2, 0.25) is 0 Å². The monoisotopic (exact) mass is 335 g/mol. The number of hydrogen-bond acceptors (Lipinski definition) is 3. The van der Waals surface area contributed by atoms with E-state index in [9.17, 15) is 14.4 Å². The van der Waals surface area contributed by atoms with Crippen molar-refractivity contribution in [3.05, 3.63) is 56.8 Å². The molecule has 0 aliphatic rings. The third kappa shape index (κ3) is 3.86. The summed E-state index contributed by atoms with van der Waals surface area (Å²) in [6.45, 7) is 17.3. The first-order valence-electron chi connectivity index (χ1n) is 8.21. The minimum atomic E-state index is -0.689. The van der Waals surface area contributed by atoms with Crippen molar-refractivity contribution in [1.29, 1.82) is 0 Å². The summed E-state index contributed by atoms with van der Waals surface area (Å²) in [5.74, 6) is 0. The van der Waals surface area contributed by atoms with Gasteiger partial charge in [0.15, 0.2) is 0 Å². The van der Waals surface area contributed by atoms with Gasteiger partial charge in [-0.25, -0.2) is 28.1 Å². The fourth-order valence-corrected chi connectivity index (χ4v) is 3.17. The van der Waals surface area contributed by atoms with Gasteiger partial charge in [-0.1, -0.05) is 39.8 Å². The van der Waals surface area contributed by atoms with Gasteiger partial charge in [0, 0.05) is 0 Å². The summed E-state index contributed by atoms with van der Waals surface area (Å²) in [6, 6.07) is 0. The molecule has 0 amide bonds. The zero-order valence-electron chi connectivity index (χ0n) is 15.5. The number of nitrogens with zero attached hydrogens (tertiary/aromatic N) is 3. The summed E-state index contributed by atoms with van der Waals surface area (Å²) < 4.78 is 3.33. The van der Waals surface area contributed by atoms with Crippen molar-refractivity contribution in [2.75, 3.05) is 0 Å². The van der Waals surface area contributed by atoms with Crippen LogP contribution in [0.1, 0.15) is 47.5 Å². The molecule has 6 nitrogen and oxygen atoms in total. The van der Waals surface area contributed by atoms with Crippen LogP contribution in [0, 0.1) is 5.41 Å². The maximum Gasteiger partial charge on any atom is 0.337 e. The third-order valence-corrected chi connectivity index (χ3v) is 4.14. The highest BCUT2D eigenvalue weighted by Crippen LogP contribution is 2.33. The van der Waals surface area contributed by atoms with E-state index < -0.39 is 22.6 Å². The Kier molecular flexibility index (Phi) is 5.98. The second kappa shape index (κ2) is 7.20. The number of hydrogen-bond donors (Lipinski definition) is 0. The average molecular weight is 335 g/mol. The van der Waals surface area contributed by atoms with Crippen LogP contribution in [0.15, 0.2) is 39.7 Å². The summed E-state index contributed by atoms with van der Waals surface area (Å²) in [6.07, 6.45) is 4.18. The molecule has 0 saturated heterocycles. The summed E-state index contributed by atoms with van der Waals surface area (Å²) >= 11 is 0. The lowest BCUT2D eigenvalue weighted by molar-refractivity contribution is 0.167. The molecule has 1 unspecified atom stereocenters. The van der Waals surface area contributed by atoms with Crippen molar-refractivity contribution >= 4 is 0 Å². The molecule has 1 rings (SSSR count). The van der Waals surface area contributed by atoms with Crippen LogP contribution in [0.4, 0.5) is 0 Å². The molecule has 0 fully saturated rings. The molecule has 0 spiro atoms. The van der Waals surface area contributed by atoms with E-state index >= 15 is 0 Å². The van der Waals surface area contributed by atoms with Crippen LogP contribution in [-0.4, -0.2) is 13.7 Å². The first-order chi connectivity index (χ1) is 11.0. The standard InChI is InChI=1S/C18H29N3O3/c1-8-11-19-14(22)20(12-9-2)16(24)21(15(19)23)18(7,10-3)13-17(4,5)6/h8-9H,1-2,10-13H2,3-7H3. The van der Waals surface area contributed by atoms with E-state index in [1.165, 1.54) is 16.7 Å². The highest BCUT2D eigenvalue weighted by Gasteiger charge is 2.34. The first kappa shape index (κ1) is 19.9. The van der Waals surface area contributed by atoms with Crippen molar-refractivity contribution in [3.8, 4) is 0 Å². The molecule has 6 heteroatoms. The van der Waals surface area contributed by atoms with E-state index in [1.807, 2.05) is 13.8 Å². The van der Waals surface area contributed by atoms with E-state index in [4.69, 9.17) is 0 Å². The number of rotatable bonds is 7. The second-order valence-electron chi connectivity index (χ2n) is 7.57. The molecule has 24 heavy (non-hydrogen) atoms. The Morgan fingerprint density at radius 1 is 0.875 bits per heavy atom.